The normalized spacial score (nSPS) is 13.2. The lowest BCUT2D eigenvalue weighted by Crippen LogP contribution is -2.38. The molecule has 0 aliphatic rings. The fourth-order valence-corrected chi connectivity index (χ4v) is 1.34. The Labute approximate surface area is 103 Å². The Morgan fingerprint density at radius 2 is 1.88 bits per heavy atom. The lowest BCUT2D eigenvalue weighted by atomic mass is 10.2. The first kappa shape index (κ1) is 13.7. The zero-order chi connectivity index (χ0) is 12.9. The van der Waals surface area contributed by atoms with Gasteiger partial charge in [-0.2, -0.15) is 0 Å². The second kappa shape index (κ2) is 5.82. The van der Waals surface area contributed by atoms with Crippen LogP contribution in [0, 0.1) is 0 Å². The van der Waals surface area contributed by atoms with Gasteiger partial charge in [0.2, 0.25) is 0 Å². The van der Waals surface area contributed by atoms with Crippen LogP contribution in [0.3, 0.4) is 0 Å². The van der Waals surface area contributed by atoms with Gasteiger partial charge in [0.05, 0.1) is 0 Å². The number of ether oxygens (including phenoxy) is 1. The van der Waals surface area contributed by atoms with E-state index in [0.717, 1.165) is 5.56 Å². The summed E-state index contributed by atoms with van der Waals surface area (Å²) >= 11 is 0. The minimum atomic E-state index is -0.431. The van der Waals surface area contributed by atoms with Crippen molar-refractivity contribution in [3.8, 4) is 0 Å². The van der Waals surface area contributed by atoms with Crippen LogP contribution in [-0.2, 0) is 16.1 Å². The summed E-state index contributed by atoms with van der Waals surface area (Å²) < 4.78 is 5.29. The van der Waals surface area contributed by atoms with Crippen molar-refractivity contribution in [1.29, 1.82) is 0 Å². The highest BCUT2D eigenvalue weighted by molar-refractivity contribution is 5.75. The summed E-state index contributed by atoms with van der Waals surface area (Å²) in [5.41, 5.74) is 0.725. The number of rotatable bonds is 4. The highest BCUT2D eigenvalue weighted by Crippen LogP contribution is 2.08. The molecule has 1 unspecified atom stereocenters. The number of nitrogens with one attached hydrogen (secondary N) is 1. The van der Waals surface area contributed by atoms with Crippen LogP contribution in [0.15, 0.2) is 30.3 Å². The molecule has 0 spiro atoms. The first-order valence-corrected chi connectivity index (χ1v) is 5.88. The largest absolute Gasteiger partial charge is 0.459 e. The lowest BCUT2D eigenvalue weighted by Gasteiger charge is -2.22. The number of hydrogen-bond donors (Lipinski definition) is 1. The maximum absolute atomic E-state index is 11.7. The summed E-state index contributed by atoms with van der Waals surface area (Å²) in [6.45, 7) is 8.09. The van der Waals surface area contributed by atoms with Gasteiger partial charge in [-0.3, -0.25) is 4.79 Å². The number of hydrogen-bond acceptors (Lipinski definition) is 3. The van der Waals surface area contributed by atoms with Crippen molar-refractivity contribution in [3.05, 3.63) is 35.9 Å². The summed E-state index contributed by atoms with van der Waals surface area (Å²) in [6, 6.07) is 9.68. The molecule has 0 saturated carbocycles. The highest BCUT2D eigenvalue weighted by Gasteiger charge is 2.20. The number of esters is 1. The molecule has 94 valence electrons. The third-order valence-corrected chi connectivity index (χ3v) is 2.22. The average molecular weight is 235 g/mol. The Morgan fingerprint density at radius 1 is 1.29 bits per heavy atom. The van der Waals surface area contributed by atoms with Crippen LogP contribution >= 0.6 is 0 Å². The minimum Gasteiger partial charge on any atom is -0.459 e. The second-order valence-corrected chi connectivity index (χ2v) is 5.12. The third-order valence-electron chi connectivity index (χ3n) is 2.22. The lowest BCUT2D eigenvalue weighted by molar-refractivity contribution is -0.157. The SMILES string of the molecule is CC(NCc1ccccc1)C(=O)OC(C)(C)C. The number of benzene rings is 1. The first-order valence-electron chi connectivity index (χ1n) is 5.88. The predicted octanol–water partition coefficient (Wildman–Crippen LogP) is 2.51. The molecule has 17 heavy (non-hydrogen) atoms. The molecule has 0 aromatic heterocycles. The molecule has 0 heterocycles. The molecule has 3 heteroatoms. The van der Waals surface area contributed by atoms with Gasteiger partial charge in [-0.15, -0.1) is 0 Å². The maximum atomic E-state index is 11.7. The van der Waals surface area contributed by atoms with E-state index >= 15 is 0 Å². The Hall–Kier alpha value is -1.35. The van der Waals surface area contributed by atoms with Crippen molar-refractivity contribution in [2.75, 3.05) is 0 Å². The van der Waals surface area contributed by atoms with Crippen molar-refractivity contribution < 1.29 is 9.53 Å². The van der Waals surface area contributed by atoms with Gasteiger partial charge in [-0.1, -0.05) is 30.3 Å². The van der Waals surface area contributed by atoms with E-state index in [4.69, 9.17) is 4.74 Å². The molecule has 1 atom stereocenters. The average Bonchev–Trinajstić information content (AvgIpc) is 2.25. The number of carbonyl (C=O) groups is 1. The molecular formula is C14H21NO2. The van der Waals surface area contributed by atoms with Crippen LogP contribution in [0.5, 0.6) is 0 Å². The molecule has 1 aromatic carbocycles. The summed E-state index contributed by atoms with van der Waals surface area (Å²) in [5.74, 6) is -0.214. The van der Waals surface area contributed by atoms with Crippen molar-refractivity contribution in [3.63, 3.8) is 0 Å². The molecule has 0 saturated heterocycles. The van der Waals surface area contributed by atoms with E-state index in [0.29, 0.717) is 6.54 Å². The molecule has 1 N–H and O–H groups in total. The van der Waals surface area contributed by atoms with Crippen molar-refractivity contribution in [2.45, 2.75) is 45.9 Å². The van der Waals surface area contributed by atoms with E-state index in [9.17, 15) is 4.79 Å². The van der Waals surface area contributed by atoms with E-state index in [1.165, 1.54) is 0 Å². The van der Waals surface area contributed by atoms with Crippen LogP contribution in [0.1, 0.15) is 33.3 Å². The van der Waals surface area contributed by atoms with Crippen molar-refractivity contribution in [1.82, 2.24) is 5.32 Å². The second-order valence-electron chi connectivity index (χ2n) is 5.12. The van der Waals surface area contributed by atoms with Gasteiger partial charge in [0.25, 0.3) is 0 Å². The molecule has 0 radical (unpaired) electrons. The summed E-state index contributed by atoms with van der Waals surface area (Å²) in [4.78, 5) is 11.7. The molecule has 3 nitrogen and oxygen atoms in total. The molecule has 1 rings (SSSR count). The van der Waals surface area contributed by atoms with Crippen molar-refractivity contribution in [2.24, 2.45) is 0 Å². The van der Waals surface area contributed by atoms with Gasteiger partial charge < -0.3 is 10.1 Å². The van der Waals surface area contributed by atoms with Crippen LogP contribution in [0.4, 0.5) is 0 Å². The Balaban J connectivity index is 2.40. The van der Waals surface area contributed by atoms with Crippen LogP contribution < -0.4 is 5.32 Å². The van der Waals surface area contributed by atoms with Gasteiger partial charge in [0.1, 0.15) is 11.6 Å². The summed E-state index contributed by atoms with van der Waals surface area (Å²) in [7, 11) is 0. The molecule has 0 aliphatic heterocycles. The van der Waals surface area contributed by atoms with E-state index < -0.39 is 5.60 Å². The van der Waals surface area contributed by atoms with E-state index in [1.54, 1.807) is 0 Å². The zero-order valence-corrected chi connectivity index (χ0v) is 11.0. The minimum absolute atomic E-state index is 0.214. The van der Waals surface area contributed by atoms with E-state index in [1.807, 2.05) is 58.0 Å². The first-order chi connectivity index (χ1) is 7.88. The number of carbonyl (C=O) groups excluding carboxylic acids is 1. The Kier molecular flexibility index (Phi) is 4.70. The van der Waals surface area contributed by atoms with Crippen molar-refractivity contribution >= 4 is 5.97 Å². The van der Waals surface area contributed by atoms with Gasteiger partial charge in [0.15, 0.2) is 0 Å². The monoisotopic (exact) mass is 235 g/mol. The molecule has 1 aromatic rings. The molecule has 0 fully saturated rings. The molecular weight excluding hydrogens is 214 g/mol. The van der Waals surface area contributed by atoms with Gasteiger partial charge in [-0.25, -0.2) is 0 Å². The standard InChI is InChI=1S/C14H21NO2/c1-11(13(16)17-14(2,3)4)15-10-12-8-6-5-7-9-12/h5-9,11,15H,10H2,1-4H3. The Bertz CT molecular complexity index is 354. The zero-order valence-electron chi connectivity index (χ0n) is 11.0. The highest BCUT2D eigenvalue weighted by atomic mass is 16.6. The Morgan fingerprint density at radius 3 is 2.41 bits per heavy atom. The summed E-state index contributed by atoms with van der Waals surface area (Å²) in [6.07, 6.45) is 0. The van der Waals surface area contributed by atoms with Gasteiger partial charge in [0, 0.05) is 6.54 Å². The van der Waals surface area contributed by atoms with Gasteiger partial charge >= 0.3 is 5.97 Å². The third kappa shape index (κ3) is 5.50. The van der Waals surface area contributed by atoms with Gasteiger partial charge in [-0.05, 0) is 33.3 Å². The predicted molar refractivity (Wildman–Crippen MR) is 68.6 cm³/mol. The smallest absolute Gasteiger partial charge is 0.323 e. The summed E-state index contributed by atoms with van der Waals surface area (Å²) in [5, 5.41) is 3.15. The fraction of sp³-hybridized carbons (Fsp3) is 0.500. The topological polar surface area (TPSA) is 38.3 Å². The quantitative estimate of drug-likeness (QED) is 0.815. The van der Waals surface area contributed by atoms with Crippen LogP contribution in [0.2, 0.25) is 0 Å². The maximum Gasteiger partial charge on any atom is 0.323 e. The molecule has 0 amide bonds. The molecule has 0 aliphatic carbocycles. The van der Waals surface area contributed by atoms with E-state index in [-0.39, 0.29) is 12.0 Å². The fourth-order valence-electron chi connectivity index (χ4n) is 1.34. The van der Waals surface area contributed by atoms with E-state index in [2.05, 4.69) is 5.32 Å². The van der Waals surface area contributed by atoms with Crippen LogP contribution in [-0.4, -0.2) is 17.6 Å². The van der Waals surface area contributed by atoms with Crippen LogP contribution in [0.25, 0.3) is 0 Å². The molecule has 0 bridgehead atoms.